The monoisotopic (exact) mass is 345 g/mol. The van der Waals surface area contributed by atoms with Gasteiger partial charge in [-0.05, 0) is 50.1 Å². The van der Waals surface area contributed by atoms with Crippen LogP contribution in [0.25, 0.3) is 0 Å². The predicted octanol–water partition coefficient (Wildman–Crippen LogP) is 5.27. The Kier molecular flexibility index (Phi) is 5.27. The van der Waals surface area contributed by atoms with Gasteiger partial charge in [-0.1, -0.05) is 42.0 Å². The second kappa shape index (κ2) is 7.61. The lowest BCUT2D eigenvalue weighted by atomic mass is 9.98. The maximum absolute atomic E-state index is 4.65. The van der Waals surface area contributed by atoms with Gasteiger partial charge in [-0.2, -0.15) is 0 Å². The standard InChI is InChI=1S/C23H27N3/c1-16-14-17(2)22(18(3)15-16)25-23(20-11-8-9-13-24-20)19-10-6-7-12-21(19)26(4)5/h6-15,23,25H,1-5H3. The first-order valence-electron chi connectivity index (χ1n) is 8.99. The summed E-state index contributed by atoms with van der Waals surface area (Å²) in [6.45, 7) is 6.46. The first-order chi connectivity index (χ1) is 12.5. The highest BCUT2D eigenvalue weighted by molar-refractivity contribution is 5.63. The fourth-order valence-corrected chi connectivity index (χ4v) is 3.55. The van der Waals surface area contributed by atoms with Gasteiger partial charge in [0.15, 0.2) is 0 Å². The molecule has 0 radical (unpaired) electrons. The number of nitrogens with one attached hydrogen (secondary N) is 1. The molecular formula is C23H27N3. The summed E-state index contributed by atoms with van der Waals surface area (Å²) in [4.78, 5) is 6.80. The maximum atomic E-state index is 4.65. The van der Waals surface area contributed by atoms with Crippen molar-refractivity contribution in [2.75, 3.05) is 24.3 Å². The first-order valence-corrected chi connectivity index (χ1v) is 8.99. The minimum absolute atomic E-state index is 0.0186. The molecule has 3 heteroatoms. The highest BCUT2D eigenvalue weighted by Gasteiger charge is 2.21. The van der Waals surface area contributed by atoms with Crippen LogP contribution >= 0.6 is 0 Å². The van der Waals surface area contributed by atoms with Crippen molar-refractivity contribution in [2.24, 2.45) is 0 Å². The fourth-order valence-electron chi connectivity index (χ4n) is 3.55. The van der Waals surface area contributed by atoms with E-state index in [0.717, 1.165) is 5.69 Å². The van der Waals surface area contributed by atoms with Crippen LogP contribution in [0.3, 0.4) is 0 Å². The second-order valence-corrected chi connectivity index (χ2v) is 7.06. The number of hydrogen-bond donors (Lipinski definition) is 1. The average molecular weight is 345 g/mol. The van der Waals surface area contributed by atoms with Crippen LogP contribution in [-0.2, 0) is 0 Å². The summed E-state index contributed by atoms with van der Waals surface area (Å²) in [5.41, 5.74) is 8.40. The van der Waals surface area contributed by atoms with Crippen molar-refractivity contribution in [3.63, 3.8) is 0 Å². The molecular weight excluding hydrogens is 318 g/mol. The molecule has 1 aromatic heterocycles. The van der Waals surface area contributed by atoms with Crippen LogP contribution in [0.15, 0.2) is 60.8 Å². The molecule has 0 spiro atoms. The molecule has 0 amide bonds. The van der Waals surface area contributed by atoms with Crippen LogP contribution in [0.5, 0.6) is 0 Å². The minimum Gasteiger partial charge on any atom is -0.377 e. The van der Waals surface area contributed by atoms with Gasteiger partial charge in [0.05, 0.1) is 11.7 Å². The van der Waals surface area contributed by atoms with Gasteiger partial charge in [0, 0.05) is 37.2 Å². The Morgan fingerprint density at radius 1 is 0.885 bits per heavy atom. The van der Waals surface area contributed by atoms with Gasteiger partial charge in [0.25, 0.3) is 0 Å². The van der Waals surface area contributed by atoms with E-state index >= 15 is 0 Å². The molecule has 26 heavy (non-hydrogen) atoms. The van der Waals surface area contributed by atoms with Crippen molar-refractivity contribution in [3.05, 3.63) is 88.7 Å². The number of rotatable bonds is 5. The molecule has 0 saturated heterocycles. The zero-order chi connectivity index (χ0) is 18.7. The molecule has 1 heterocycles. The SMILES string of the molecule is Cc1cc(C)c(NC(c2ccccn2)c2ccccc2N(C)C)c(C)c1. The topological polar surface area (TPSA) is 28.2 Å². The highest BCUT2D eigenvalue weighted by atomic mass is 15.1. The number of nitrogens with zero attached hydrogens (tertiary/aromatic N) is 2. The molecule has 0 fully saturated rings. The summed E-state index contributed by atoms with van der Waals surface area (Å²) in [5.74, 6) is 0. The van der Waals surface area contributed by atoms with Crippen LogP contribution in [0, 0.1) is 20.8 Å². The minimum atomic E-state index is -0.0186. The van der Waals surface area contributed by atoms with Crippen molar-refractivity contribution in [1.82, 2.24) is 4.98 Å². The van der Waals surface area contributed by atoms with Gasteiger partial charge in [0.2, 0.25) is 0 Å². The third-order valence-electron chi connectivity index (χ3n) is 4.68. The second-order valence-electron chi connectivity index (χ2n) is 7.06. The zero-order valence-electron chi connectivity index (χ0n) is 16.2. The Morgan fingerprint density at radius 3 is 2.15 bits per heavy atom. The van der Waals surface area contributed by atoms with E-state index in [1.165, 1.54) is 33.6 Å². The quantitative estimate of drug-likeness (QED) is 0.682. The molecule has 0 aliphatic rings. The van der Waals surface area contributed by atoms with Gasteiger partial charge >= 0.3 is 0 Å². The number of hydrogen-bond acceptors (Lipinski definition) is 3. The number of aromatic nitrogens is 1. The van der Waals surface area contributed by atoms with Crippen LogP contribution < -0.4 is 10.2 Å². The van der Waals surface area contributed by atoms with Crippen molar-refractivity contribution >= 4 is 11.4 Å². The Balaban J connectivity index is 2.13. The molecule has 1 unspecified atom stereocenters. The summed E-state index contributed by atoms with van der Waals surface area (Å²) >= 11 is 0. The predicted molar refractivity (Wildman–Crippen MR) is 111 cm³/mol. The van der Waals surface area contributed by atoms with Crippen LogP contribution in [0.1, 0.15) is 34.0 Å². The summed E-state index contributed by atoms with van der Waals surface area (Å²) in [6.07, 6.45) is 1.86. The number of pyridine rings is 1. The van der Waals surface area contributed by atoms with Gasteiger partial charge < -0.3 is 10.2 Å². The molecule has 134 valence electrons. The number of aryl methyl sites for hydroxylation is 3. The largest absolute Gasteiger partial charge is 0.377 e. The molecule has 1 atom stereocenters. The molecule has 3 rings (SSSR count). The van der Waals surface area contributed by atoms with E-state index in [9.17, 15) is 0 Å². The molecule has 3 nitrogen and oxygen atoms in total. The third kappa shape index (κ3) is 3.72. The van der Waals surface area contributed by atoms with Gasteiger partial charge in [0.1, 0.15) is 0 Å². The Hall–Kier alpha value is -2.81. The lowest BCUT2D eigenvalue weighted by Crippen LogP contribution is -2.19. The molecule has 0 aliphatic heterocycles. The smallest absolute Gasteiger partial charge is 0.0960 e. The van der Waals surface area contributed by atoms with E-state index in [1.807, 2.05) is 18.3 Å². The van der Waals surface area contributed by atoms with E-state index in [2.05, 4.69) is 92.5 Å². The van der Waals surface area contributed by atoms with E-state index < -0.39 is 0 Å². The Bertz CT molecular complexity index is 862. The summed E-state index contributed by atoms with van der Waals surface area (Å²) < 4.78 is 0. The summed E-state index contributed by atoms with van der Waals surface area (Å²) in [6, 6.07) is 19.0. The summed E-state index contributed by atoms with van der Waals surface area (Å²) in [7, 11) is 4.16. The number of anilines is 2. The molecule has 0 bridgehead atoms. The van der Waals surface area contributed by atoms with Gasteiger partial charge in [-0.25, -0.2) is 0 Å². The number of benzene rings is 2. The highest BCUT2D eigenvalue weighted by Crippen LogP contribution is 2.34. The van der Waals surface area contributed by atoms with E-state index in [-0.39, 0.29) is 6.04 Å². The van der Waals surface area contributed by atoms with E-state index in [0.29, 0.717) is 0 Å². The lowest BCUT2D eigenvalue weighted by molar-refractivity contribution is 0.875. The van der Waals surface area contributed by atoms with Crippen molar-refractivity contribution in [3.8, 4) is 0 Å². The molecule has 0 aliphatic carbocycles. The molecule has 1 N–H and O–H groups in total. The van der Waals surface area contributed by atoms with Crippen LogP contribution in [-0.4, -0.2) is 19.1 Å². The lowest BCUT2D eigenvalue weighted by Gasteiger charge is -2.27. The Morgan fingerprint density at radius 2 is 1.54 bits per heavy atom. The van der Waals surface area contributed by atoms with E-state index in [1.54, 1.807) is 0 Å². The average Bonchev–Trinajstić information content (AvgIpc) is 2.62. The third-order valence-corrected chi connectivity index (χ3v) is 4.68. The molecule has 2 aromatic carbocycles. The fraction of sp³-hybridized carbons (Fsp3) is 0.261. The first kappa shape index (κ1) is 18.0. The van der Waals surface area contributed by atoms with Crippen molar-refractivity contribution in [2.45, 2.75) is 26.8 Å². The zero-order valence-corrected chi connectivity index (χ0v) is 16.2. The number of para-hydroxylation sites is 1. The van der Waals surface area contributed by atoms with Crippen LogP contribution in [0.2, 0.25) is 0 Å². The van der Waals surface area contributed by atoms with Crippen molar-refractivity contribution < 1.29 is 0 Å². The maximum Gasteiger partial charge on any atom is 0.0960 e. The molecule has 0 saturated carbocycles. The van der Waals surface area contributed by atoms with E-state index in [4.69, 9.17) is 0 Å². The van der Waals surface area contributed by atoms with Gasteiger partial charge in [-0.3, -0.25) is 4.98 Å². The normalized spacial score (nSPS) is 11.9. The molecule has 3 aromatic rings. The van der Waals surface area contributed by atoms with Crippen LogP contribution in [0.4, 0.5) is 11.4 Å². The summed E-state index contributed by atoms with van der Waals surface area (Å²) in [5, 5.41) is 3.78. The Labute approximate surface area is 156 Å². The van der Waals surface area contributed by atoms with Crippen molar-refractivity contribution in [1.29, 1.82) is 0 Å². The van der Waals surface area contributed by atoms with Gasteiger partial charge in [-0.15, -0.1) is 0 Å².